The first-order chi connectivity index (χ1) is 12.5. The quantitative estimate of drug-likeness (QED) is 0.452. The Morgan fingerprint density at radius 2 is 1.92 bits per heavy atom. The lowest BCUT2D eigenvalue weighted by Crippen LogP contribution is -2.16. The van der Waals surface area contributed by atoms with E-state index in [1.807, 2.05) is 6.07 Å². The van der Waals surface area contributed by atoms with Crippen LogP contribution in [0.2, 0.25) is 0 Å². The Kier molecular flexibility index (Phi) is 5.37. The zero-order valence-electron chi connectivity index (χ0n) is 14.4. The molecule has 0 atom stereocenters. The summed E-state index contributed by atoms with van der Waals surface area (Å²) in [5.41, 5.74) is 7.42. The van der Waals surface area contributed by atoms with E-state index in [1.54, 1.807) is 37.5 Å². The highest BCUT2D eigenvalue weighted by atomic mass is 79.9. The van der Waals surface area contributed by atoms with Crippen LogP contribution >= 0.6 is 15.9 Å². The van der Waals surface area contributed by atoms with Gasteiger partial charge in [0.1, 0.15) is 19.0 Å². The average Bonchev–Trinajstić information content (AvgIpc) is 2.67. The fourth-order valence-corrected chi connectivity index (χ4v) is 3.10. The largest absolute Gasteiger partial charge is 0.495 e. The molecule has 0 amide bonds. The minimum atomic E-state index is -0.208. The van der Waals surface area contributed by atoms with Gasteiger partial charge in [-0.05, 0) is 52.3 Å². The van der Waals surface area contributed by atoms with Gasteiger partial charge in [-0.2, -0.15) is 0 Å². The van der Waals surface area contributed by atoms with E-state index in [9.17, 15) is 4.79 Å². The van der Waals surface area contributed by atoms with Gasteiger partial charge in [0.2, 0.25) is 5.75 Å². The van der Waals surface area contributed by atoms with Gasteiger partial charge in [0.05, 0.1) is 24.4 Å². The number of ketones is 1. The number of fused-ring (bicyclic) bond motifs is 1. The molecule has 2 N–H and O–H groups in total. The molecule has 0 bridgehead atoms. The second-order valence-electron chi connectivity index (χ2n) is 5.49. The van der Waals surface area contributed by atoms with Crippen LogP contribution in [0, 0.1) is 0 Å². The summed E-state index contributed by atoms with van der Waals surface area (Å²) in [6.07, 6.45) is 1.68. The molecule has 0 saturated heterocycles. The fraction of sp³-hybridized carbons (Fsp3) is 0.211. The number of hydrogen-bond donors (Lipinski definition) is 1. The standard InChI is InChI=1S/C19H18BrNO5/c1-23-16-10-11(3-5-14(16)21)17(22)13(20)9-12-4-6-15-19(18(12)24-2)26-8-7-25-15/h3-6,9-10H,7-8,21H2,1-2H3. The number of nitrogens with two attached hydrogens (primary N) is 1. The molecule has 2 aromatic carbocycles. The molecule has 7 heteroatoms. The number of benzene rings is 2. The maximum Gasteiger partial charge on any atom is 0.204 e. The molecule has 1 aliphatic heterocycles. The number of carbonyl (C=O) groups excluding carboxylic acids is 1. The highest BCUT2D eigenvalue weighted by Crippen LogP contribution is 2.42. The minimum Gasteiger partial charge on any atom is -0.495 e. The summed E-state index contributed by atoms with van der Waals surface area (Å²) in [4.78, 5) is 12.7. The van der Waals surface area contributed by atoms with Gasteiger partial charge in [0, 0.05) is 11.1 Å². The monoisotopic (exact) mass is 419 g/mol. The van der Waals surface area contributed by atoms with Gasteiger partial charge in [0.15, 0.2) is 17.3 Å². The van der Waals surface area contributed by atoms with Crippen LogP contribution in [0.4, 0.5) is 5.69 Å². The van der Waals surface area contributed by atoms with Gasteiger partial charge in [-0.15, -0.1) is 0 Å². The summed E-state index contributed by atoms with van der Waals surface area (Å²) in [6, 6.07) is 8.49. The van der Waals surface area contributed by atoms with E-state index in [2.05, 4.69) is 15.9 Å². The summed E-state index contributed by atoms with van der Waals surface area (Å²) in [5.74, 6) is 1.92. The molecule has 6 nitrogen and oxygen atoms in total. The normalized spacial score (nSPS) is 13.3. The summed E-state index contributed by atoms with van der Waals surface area (Å²) >= 11 is 3.35. The van der Waals surface area contributed by atoms with Crippen LogP contribution < -0.4 is 24.7 Å². The Bertz CT molecular complexity index is 878. The van der Waals surface area contributed by atoms with Crippen molar-refractivity contribution in [3.63, 3.8) is 0 Å². The van der Waals surface area contributed by atoms with Crippen molar-refractivity contribution in [3.8, 4) is 23.0 Å². The molecule has 0 unspecified atom stereocenters. The number of hydrogen-bond acceptors (Lipinski definition) is 6. The Balaban J connectivity index is 1.96. The van der Waals surface area contributed by atoms with Crippen LogP contribution in [-0.4, -0.2) is 33.2 Å². The second kappa shape index (κ2) is 7.70. The molecule has 0 fully saturated rings. The fourth-order valence-electron chi connectivity index (χ4n) is 2.62. The number of anilines is 1. The Hall–Kier alpha value is -2.67. The molecule has 0 aromatic heterocycles. The van der Waals surface area contributed by atoms with Crippen LogP contribution in [0.5, 0.6) is 23.0 Å². The van der Waals surface area contributed by atoms with Crippen molar-refractivity contribution in [1.82, 2.24) is 0 Å². The zero-order chi connectivity index (χ0) is 18.7. The van der Waals surface area contributed by atoms with Crippen molar-refractivity contribution in [2.24, 2.45) is 0 Å². The molecule has 0 radical (unpaired) electrons. The van der Waals surface area contributed by atoms with Crippen LogP contribution in [0.25, 0.3) is 6.08 Å². The SMILES string of the molecule is COc1cc(C(=O)C(Br)=Cc2ccc3c(c2OC)OCCO3)ccc1N. The van der Waals surface area contributed by atoms with Gasteiger partial charge in [0.25, 0.3) is 0 Å². The average molecular weight is 420 g/mol. The molecule has 136 valence electrons. The van der Waals surface area contributed by atoms with Crippen LogP contribution in [0.1, 0.15) is 15.9 Å². The Morgan fingerprint density at radius 1 is 1.15 bits per heavy atom. The molecular weight excluding hydrogens is 402 g/mol. The maximum atomic E-state index is 12.7. The molecule has 2 aromatic rings. The zero-order valence-corrected chi connectivity index (χ0v) is 16.0. The third-order valence-electron chi connectivity index (χ3n) is 3.89. The third-order valence-corrected chi connectivity index (χ3v) is 4.48. The van der Waals surface area contributed by atoms with Gasteiger partial charge < -0.3 is 24.7 Å². The highest BCUT2D eigenvalue weighted by molar-refractivity contribution is 9.12. The van der Waals surface area contributed by atoms with E-state index in [-0.39, 0.29) is 5.78 Å². The van der Waals surface area contributed by atoms with Gasteiger partial charge >= 0.3 is 0 Å². The first-order valence-corrected chi connectivity index (χ1v) is 8.66. The molecule has 3 rings (SSSR count). The first kappa shape index (κ1) is 18.1. The van der Waals surface area contributed by atoms with Crippen molar-refractivity contribution in [1.29, 1.82) is 0 Å². The number of rotatable bonds is 5. The number of halogens is 1. The van der Waals surface area contributed by atoms with Crippen molar-refractivity contribution in [3.05, 3.63) is 45.9 Å². The van der Waals surface area contributed by atoms with Crippen LogP contribution in [0.15, 0.2) is 34.8 Å². The number of Topliss-reactive ketones (excluding diaryl/α,β-unsaturated/α-hetero) is 1. The predicted molar refractivity (Wildman–Crippen MR) is 103 cm³/mol. The maximum absolute atomic E-state index is 12.7. The lowest BCUT2D eigenvalue weighted by molar-refractivity contribution is 0.104. The first-order valence-electron chi connectivity index (χ1n) is 7.87. The van der Waals surface area contributed by atoms with Crippen molar-refractivity contribution < 1.29 is 23.7 Å². The lowest BCUT2D eigenvalue weighted by Gasteiger charge is -2.21. The van der Waals surface area contributed by atoms with Crippen LogP contribution in [0.3, 0.4) is 0 Å². The number of allylic oxidation sites excluding steroid dienone is 1. The van der Waals surface area contributed by atoms with E-state index in [1.165, 1.54) is 7.11 Å². The molecule has 1 heterocycles. The van der Waals surface area contributed by atoms with Crippen LogP contribution in [-0.2, 0) is 0 Å². The highest BCUT2D eigenvalue weighted by Gasteiger charge is 2.20. The van der Waals surface area contributed by atoms with Gasteiger partial charge in [-0.3, -0.25) is 4.79 Å². The summed E-state index contributed by atoms with van der Waals surface area (Å²) in [7, 11) is 3.05. The minimum absolute atomic E-state index is 0.208. The van der Waals surface area contributed by atoms with Gasteiger partial charge in [-0.25, -0.2) is 0 Å². The molecule has 0 aliphatic carbocycles. The summed E-state index contributed by atoms with van der Waals surface area (Å²) < 4.78 is 22.2. The summed E-state index contributed by atoms with van der Waals surface area (Å²) in [6.45, 7) is 0.939. The van der Waals surface area contributed by atoms with Crippen molar-refractivity contribution >= 4 is 33.5 Å². The number of carbonyl (C=O) groups is 1. The lowest BCUT2D eigenvalue weighted by atomic mass is 10.1. The third kappa shape index (κ3) is 3.48. The molecular formula is C19H18BrNO5. The second-order valence-corrected chi connectivity index (χ2v) is 6.34. The van der Waals surface area contributed by atoms with E-state index < -0.39 is 0 Å². The number of methoxy groups -OCH3 is 2. The molecule has 26 heavy (non-hydrogen) atoms. The van der Waals surface area contributed by atoms with E-state index >= 15 is 0 Å². The number of ether oxygens (including phenoxy) is 4. The number of nitrogen functional groups attached to an aromatic ring is 1. The predicted octanol–water partition coefficient (Wildman–Crippen LogP) is 3.68. The molecule has 1 aliphatic rings. The Morgan fingerprint density at radius 3 is 2.65 bits per heavy atom. The van der Waals surface area contributed by atoms with Crippen molar-refractivity contribution in [2.45, 2.75) is 0 Å². The topological polar surface area (TPSA) is 80.0 Å². The smallest absolute Gasteiger partial charge is 0.204 e. The van der Waals surface area contributed by atoms with E-state index in [0.29, 0.717) is 57.5 Å². The van der Waals surface area contributed by atoms with Crippen molar-refractivity contribution in [2.75, 3.05) is 33.2 Å². The van der Waals surface area contributed by atoms with Gasteiger partial charge in [-0.1, -0.05) is 0 Å². The Labute approximate surface area is 159 Å². The molecule has 0 spiro atoms. The molecule has 0 saturated carbocycles. The van der Waals surface area contributed by atoms with E-state index in [0.717, 1.165) is 0 Å². The summed E-state index contributed by atoms with van der Waals surface area (Å²) in [5, 5.41) is 0. The van der Waals surface area contributed by atoms with E-state index in [4.69, 9.17) is 24.7 Å².